The molecule has 0 aliphatic carbocycles. The Balaban J connectivity index is 2.95. The first-order valence-electron chi connectivity index (χ1n) is 5.32. The van der Waals surface area contributed by atoms with E-state index in [1.54, 1.807) is 0 Å². The van der Waals surface area contributed by atoms with Crippen molar-refractivity contribution < 1.29 is 14.6 Å². The summed E-state index contributed by atoms with van der Waals surface area (Å²) in [5.41, 5.74) is 5.75. The molecule has 0 bridgehead atoms. The highest BCUT2D eigenvalue weighted by Crippen LogP contribution is 2.27. The van der Waals surface area contributed by atoms with Crippen LogP contribution in [0.3, 0.4) is 0 Å². The number of primary amides is 1. The van der Waals surface area contributed by atoms with Gasteiger partial charge in [0.05, 0.1) is 0 Å². The van der Waals surface area contributed by atoms with Crippen molar-refractivity contribution in [2.45, 2.75) is 26.1 Å². The second-order valence-electron chi connectivity index (χ2n) is 4.11. The van der Waals surface area contributed by atoms with Gasteiger partial charge in [0.2, 0.25) is 0 Å². The molecule has 3 N–H and O–H groups in total. The van der Waals surface area contributed by atoms with Crippen LogP contribution in [-0.2, 0) is 4.74 Å². The lowest BCUT2D eigenvalue weighted by Crippen LogP contribution is -2.32. The Morgan fingerprint density at radius 3 is 2.47 bits per heavy atom. The summed E-state index contributed by atoms with van der Waals surface area (Å²) >= 11 is 2.13. The third-order valence-corrected chi connectivity index (χ3v) is 3.43. The molecule has 0 aliphatic heterocycles. The molecule has 0 unspecified atom stereocenters. The van der Waals surface area contributed by atoms with Crippen molar-refractivity contribution in [3.8, 4) is 0 Å². The van der Waals surface area contributed by atoms with E-state index in [4.69, 9.17) is 10.5 Å². The summed E-state index contributed by atoms with van der Waals surface area (Å²) in [5.74, 6) is -0.0199. The Hall–Kier alpha value is -0.820. The van der Waals surface area contributed by atoms with Gasteiger partial charge in [0.25, 0.3) is 0 Å². The molecular weight excluding hydrogens is 333 g/mol. The summed E-state index contributed by atoms with van der Waals surface area (Å²) in [6.07, 6.45) is -2.37. The van der Waals surface area contributed by atoms with Crippen molar-refractivity contribution in [3.05, 3.63) is 33.4 Å². The molecule has 1 rings (SSSR count). The molecule has 5 heteroatoms. The van der Waals surface area contributed by atoms with Crippen LogP contribution in [0.15, 0.2) is 24.3 Å². The second-order valence-corrected chi connectivity index (χ2v) is 5.27. The number of aliphatic hydroxyl groups excluding tert-OH is 1. The van der Waals surface area contributed by atoms with Crippen molar-refractivity contribution in [2.24, 2.45) is 11.7 Å². The molecular formula is C12H16INO3. The van der Waals surface area contributed by atoms with Crippen molar-refractivity contribution in [3.63, 3.8) is 0 Å². The normalized spacial score (nSPS) is 14.4. The molecule has 0 heterocycles. The first-order valence-corrected chi connectivity index (χ1v) is 6.40. The average Bonchev–Trinajstić information content (AvgIpc) is 2.25. The number of ether oxygens (including phenoxy) is 1. The van der Waals surface area contributed by atoms with Gasteiger partial charge in [-0.2, -0.15) is 0 Å². The number of rotatable bonds is 4. The number of carbonyl (C=O) groups excluding carboxylic acids is 1. The summed E-state index contributed by atoms with van der Waals surface area (Å²) in [6.45, 7) is 3.74. The smallest absolute Gasteiger partial charge is 0.404 e. The minimum Gasteiger partial charge on any atom is -0.443 e. The standard InChI is InChI=1S/C12H16INO3/c1-7(2)11(17-12(14)16)10(15)8-5-3-4-6-9(8)13/h3-7,10-11,15H,1-2H3,(H2,14,16)/t10-,11-/m1/s1. The molecule has 0 spiro atoms. The molecule has 0 fully saturated rings. The van der Waals surface area contributed by atoms with Gasteiger partial charge in [0, 0.05) is 3.57 Å². The van der Waals surface area contributed by atoms with Gasteiger partial charge in [-0.15, -0.1) is 0 Å². The lowest BCUT2D eigenvalue weighted by Gasteiger charge is -2.26. The van der Waals surface area contributed by atoms with Gasteiger partial charge in [0.1, 0.15) is 12.2 Å². The number of hydrogen-bond donors (Lipinski definition) is 2. The van der Waals surface area contributed by atoms with Crippen LogP contribution in [0.2, 0.25) is 0 Å². The molecule has 17 heavy (non-hydrogen) atoms. The fourth-order valence-electron chi connectivity index (χ4n) is 1.59. The first kappa shape index (κ1) is 14.2. The Morgan fingerprint density at radius 2 is 2.00 bits per heavy atom. The van der Waals surface area contributed by atoms with E-state index < -0.39 is 18.3 Å². The summed E-state index contributed by atoms with van der Waals surface area (Å²) < 4.78 is 5.90. The number of aliphatic hydroxyl groups is 1. The van der Waals surface area contributed by atoms with E-state index in [1.807, 2.05) is 38.1 Å². The van der Waals surface area contributed by atoms with Gasteiger partial charge in [-0.05, 0) is 40.1 Å². The van der Waals surface area contributed by atoms with Gasteiger partial charge in [-0.25, -0.2) is 4.79 Å². The predicted molar refractivity (Wildman–Crippen MR) is 73.4 cm³/mol. The van der Waals surface area contributed by atoms with Crippen molar-refractivity contribution in [1.82, 2.24) is 0 Å². The maximum Gasteiger partial charge on any atom is 0.404 e. The van der Waals surface area contributed by atoms with Gasteiger partial charge in [0.15, 0.2) is 0 Å². The molecule has 0 saturated heterocycles. The van der Waals surface area contributed by atoms with Crippen molar-refractivity contribution >= 4 is 28.7 Å². The number of benzene rings is 1. The molecule has 0 aromatic heterocycles. The van der Waals surface area contributed by atoms with Crippen molar-refractivity contribution in [1.29, 1.82) is 0 Å². The van der Waals surface area contributed by atoms with E-state index in [0.29, 0.717) is 0 Å². The Morgan fingerprint density at radius 1 is 1.41 bits per heavy atom. The van der Waals surface area contributed by atoms with Gasteiger partial charge in [-0.3, -0.25) is 0 Å². The summed E-state index contributed by atoms with van der Waals surface area (Å²) in [4.78, 5) is 10.8. The van der Waals surface area contributed by atoms with Crippen LogP contribution in [0.25, 0.3) is 0 Å². The highest BCUT2D eigenvalue weighted by Gasteiger charge is 2.28. The fraction of sp³-hybridized carbons (Fsp3) is 0.417. The molecule has 0 saturated carbocycles. The first-order chi connectivity index (χ1) is 7.93. The molecule has 1 amide bonds. The Labute approximate surface area is 114 Å². The molecule has 1 aromatic rings. The van der Waals surface area contributed by atoms with E-state index in [2.05, 4.69) is 22.6 Å². The second kappa shape index (κ2) is 6.20. The summed E-state index contributed by atoms with van der Waals surface area (Å²) in [5, 5.41) is 10.2. The number of hydrogen-bond acceptors (Lipinski definition) is 3. The van der Waals surface area contributed by atoms with Crippen LogP contribution in [0, 0.1) is 9.49 Å². The molecule has 4 nitrogen and oxygen atoms in total. The number of amides is 1. The van der Waals surface area contributed by atoms with Crippen LogP contribution < -0.4 is 5.73 Å². The number of nitrogens with two attached hydrogens (primary N) is 1. The Bertz CT molecular complexity index is 395. The van der Waals surface area contributed by atoms with Crippen LogP contribution >= 0.6 is 22.6 Å². The topological polar surface area (TPSA) is 72.5 Å². The molecule has 1 aromatic carbocycles. The quantitative estimate of drug-likeness (QED) is 0.821. The maximum absolute atomic E-state index is 10.8. The highest BCUT2D eigenvalue weighted by molar-refractivity contribution is 14.1. The Kier molecular flexibility index (Phi) is 5.20. The zero-order chi connectivity index (χ0) is 13.0. The van der Waals surface area contributed by atoms with Crippen LogP contribution in [0.5, 0.6) is 0 Å². The van der Waals surface area contributed by atoms with Gasteiger partial charge < -0.3 is 15.6 Å². The minimum atomic E-state index is -0.867. The third kappa shape index (κ3) is 3.85. The molecule has 94 valence electrons. The van der Waals surface area contributed by atoms with Gasteiger partial charge in [-0.1, -0.05) is 32.0 Å². The zero-order valence-corrected chi connectivity index (χ0v) is 11.9. The molecule has 2 atom stereocenters. The lowest BCUT2D eigenvalue weighted by molar-refractivity contribution is -0.0200. The third-order valence-electron chi connectivity index (χ3n) is 2.44. The maximum atomic E-state index is 10.8. The van der Waals surface area contributed by atoms with E-state index >= 15 is 0 Å². The highest BCUT2D eigenvalue weighted by atomic mass is 127. The SMILES string of the molecule is CC(C)[C@@H](OC(N)=O)[C@H](O)c1ccccc1I. The summed E-state index contributed by atoms with van der Waals surface area (Å²) in [7, 11) is 0. The van der Waals surface area contributed by atoms with E-state index in [9.17, 15) is 9.90 Å². The lowest BCUT2D eigenvalue weighted by atomic mass is 9.96. The minimum absolute atomic E-state index is 0.0199. The number of halogens is 1. The van der Waals surface area contributed by atoms with E-state index in [0.717, 1.165) is 9.13 Å². The summed E-state index contributed by atoms with van der Waals surface area (Å²) in [6, 6.07) is 7.42. The van der Waals surface area contributed by atoms with Crippen LogP contribution in [0.4, 0.5) is 4.79 Å². The average molecular weight is 349 g/mol. The number of carbonyl (C=O) groups is 1. The predicted octanol–water partition coefficient (Wildman–Crippen LogP) is 2.44. The largest absolute Gasteiger partial charge is 0.443 e. The van der Waals surface area contributed by atoms with E-state index in [1.165, 1.54) is 0 Å². The fourth-order valence-corrected chi connectivity index (χ4v) is 2.30. The van der Waals surface area contributed by atoms with Gasteiger partial charge >= 0.3 is 6.09 Å². The van der Waals surface area contributed by atoms with Crippen LogP contribution in [-0.4, -0.2) is 17.3 Å². The zero-order valence-electron chi connectivity index (χ0n) is 9.76. The van der Waals surface area contributed by atoms with Crippen molar-refractivity contribution in [2.75, 3.05) is 0 Å². The monoisotopic (exact) mass is 349 g/mol. The molecule has 0 aliphatic rings. The molecule has 0 radical (unpaired) electrons. The van der Waals surface area contributed by atoms with Crippen LogP contribution in [0.1, 0.15) is 25.5 Å². The van der Waals surface area contributed by atoms with E-state index in [-0.39, 0.29) is 5.92 Å².